The van der Waals surface area contributed by atoms with Gasteiger partial charge in [-0.05, 0) is 98.2 Å². The lowest BCUT2D eigenvalue weighted by molar-refractivity contribution is -0.143. The van der Waals surface area contributed by atoms with Gasteiger partial charge in [0.2, 0.25) is 5.95 Å². The predicted molar refractivity (Wildman–Crippen MR) is 175 cm³/mol. The Labute approximate surface area is 293 Å². The Bertz CT molecular complexity index is 1580. The summed E-state index contributed by atoms with van der Waals surface area (Å²) in [5.74, 6) is -0.0631. The number of rotatable bonds is 14. The highest BCUT2D eigenvalue weighted by molar-refractivity contribution is 7.98. The summed E-state index contributed by atoms with van der Waals surface area (Å²) < 4.78 is 130. The topological polar surface area (TPSA) is 87.6 Å². The second kappa shape index (κ2) is 16.6. The average Bonchev–Trinajstić information content (AvgIpc) is 3.05. The summed E-state index contributed by atoms with van der Waals surface area (Å²) in [6.07, 6.45) is -7.82. The molecule has 1 saturated carbocycles. The van der Waals surface area contributed by atoms with Crippen LogP contribution in [0.5, 0.6) is 5.75 Å². The van der Waals surface area contributed by atoms with Gasteiger partial charge in [-0.2, -0.15) is 51.3 Å². The summed E-state index contributed by atoms with van der Waals surface area (Å²) in [5.41, 5.74) is -4.20. The number of nitrogens with zero attached hydrogens (tertiary/aromatic N) is 3. The molecular formula is C34H37F9N4O3S. The maximum Gasteiger partial charge on any atom is 0.416 e. The Morgan fingerprint density at radius 3 is 2.00 bits per heavy atom. The second-order valence-electron chi connectivity index (χ2n) is 12.4. The first kappa shape index (κ1) is 39.9. The number of thioether (sulfide) groups is 1. The Morgan fingerprint density at radius 1 is 0.902 bits per heavy atom. The predicted octanol–water partition coefficient (Wildman–Crippen LogP) is 9.74. The van der Waals surface area contributed by atoms with Crippen molar-refractivity contribution >= 4 is 29.4 Å². The third-order valence-electron chi connectivity index (χ3n) is 8.77. The van der Waals surface area contributed by atoms with Crippen LogP contribution in [0.4, 0.5) is 51.1 Å². The molecule has 1 aromatic heterocycles. The Balaban J connectivity index is 1.73. The van der Waals surface area contributed by atoms with E-state index in [-0.39, 0.29) is 47.3 Å². The number of alkyl halides is 9. The van der Waals surface area contributed by atoms with Crippen LogP contribution in [-0.4, -0.2) is 46.2 Å². The number of nitrogens with one attached hydrogen (secondary N) is 1. The van der Waals surface area contributed by atoms with Crippen molar-refractivity contribution in [3.05, 3.63) is 76.6 Å². The van der Waals surface area contributed by atoms with Crippen LogP contribution in [0.2, 0.25) is 0 Å². The monoisotopic (exact) mass is 752 g/mol. The fourth-order valence-electron chi connectivity index (χ4n) is 5.95. The lowest BCUT2D eigenvalue weighted by atomic mass is 9.80. The van der Waals surface area contributed by atoms with Crippen LogP contribution in [0.25, 0.3) is 0 Å². The van der Waals surface area contributed by atoms with Gasteiger partial charge in [0.05, 0.1) is 41.7 Å². The van der Waals surface area contributed by atoms with Crippen molar-refractivity contribution in [1.29, 1.82) is 0 Å². The van der Waals surface area contributed by atoms with Gasteiger partial charge >= 0.3 is 24.5 Å². The third-order valence-corrected chi connectivity index (χ3v) is 9.35. The van der Waals surface area contributed by atoms with E-state index in [4.69, 9.17) is 9.84 Å². The van der Waals surface area contributed by atoms with Gasteiger partial charge in [0.25, 0.3) is 0 Å². The molecule has 1 fully saturated rings. The first-order valence-corrected chi connectivity index (χ1v) is 17.4. The molecular weight excluding hydrogens is 715 g/mol. The molecule has 0 unspecified atom stereocenters. The summed E-state index contributed by atoms with van der Waals surface area (Å²) in [6, 6.07) is 2.82. The molecule has 3 aromatic rings. The number of carbonyl (C=O) groups is 1. The molecule has 51 heavy (non-hydrogen) atoms. The number of carboxylic acid groups (broad SMARTS) is 1. The molecule has 0 amide bonds. The standard InChI is InChI=1S/C34H37F9N4O3S/c1-20(23-12-26(33(38,39)40)15-27(13-23)34(41,42)43)47(31-45-17-28(18-46-31)50-9-10-51-2)19-24-14-25(32(35,36)37)7-8-29(24)44-16-22-5-3-21(4-6-22)11-30(48)49/h7-8,12-15,17-18,20-22,44H,3-6,9-11,16,19H2,1-2H3,(H,48,49)/t20-,21?,22?/m0/s1. The maximum absolute atomic E-state index is 13.9. The molecule has 1 aliphatic carbocycles. The van der Waals surface area contributed by atoms with Crippen molar-refractivity contribution in [2.75, 3.05) is 35.4 Å². The zero-order valence-corrected chi connectivity index (χ0v) is 28.4. The van der Waals surface area contributed by atoms with E-state index in [1.165, 1.54) is 42.0 Å². The van der Waals surface area contributed by atoms with Crippen LogP contribution in [-0.2, 0) is 29.9 Å². The van der Waals surface area contributed by atoms with E-state index >= 15 is 0 Å². The Hall–Kier alpha value is -3.89. The van der Waals surface area contributed by atoms with Gasteiger partial charge in [-0.1, -0.05) is 0 Å². The lowest BCUT2D eigenvalue weighted by Crippen LogP contribution is -2.30. The van der Waals surface area contributed by atoms with E-state index in [0.717, 1.165) is 12.1 Å². The van der Waals surface area contributed by atoms with Gasteiger partial charge in [0, 0.05) is 31.0 Å². The van der Waals surface area contributed by atoms with Crippen LogP contribution in [0.1, 0.15) is 72.9 Å². The molecule has 0 radical (unpaired) electrons. The molecule has 1 aliphatic rings. The largest absolute Gasteiger partial charge is 0.489 e. The van der Waals surface area contributed by atoms with Crippen molar-refractivity contribution < 1.29 is 54.2 Å². The number of hydrogen-bond donors (Lipinski definition) is 2. The molecule has 2 aromatic carbocycles. The Morgan fingerprint density at radius 2 is 1.47 bits per heavy atom. The van der Waals surface area contributed by atoms with Gasteiger partial charge in [0.1, 0.15) is 0 Å². The van der Waals surface area contributed by atoms with Crippen molar-refractivity contribution in [3.8, 4) is 5.75 Å². The number of benzene rings is 2. The highest BCUT2D eigenvalue weighted by atomic mass is 32.2. The fraction of sp³-hybridized carbons (Fsp3) is 0.500. The van der Waals surface area contributed by atoms with Crippen LogP contribution < -0.4 is 15.0 Å². The first-order chi connectivity index (χ1) is 23.8. The van der Waals surface area contributed by atoms with Gasteiger partial charge in [-0.15, -0.1) is 0 Å². The van der Waals surface area contributed by atoms with Crippen molar-refractivity contribution in [1.82, 2.24) is 9.97 Å². The van der Waals surface area contributed by atoms with E-state index in [2.05, 4.69) is 15.3 Å². The van der Waals surface area contributed by atoms with E-state index in [9.17, 15) is 44.3 Å². The number of hydrogen-bond acceptors (Lipinski definition) is 7. The van der Waals surface area contributed by atoms with E-state index in [1.807, 2.05) is 6.26 Å². The molecule has 0 bridgehead atoms. The fourth-order valence-corrected chi connectivity index (χ4v) is 6.20. The zero-order chi connectivity index (χ0) is 37.6. The van der Waals surface area contributed by atoms with Crippen molar-refractivity contribution in [3.63, 3.8) is 0 Å². The molecule has 0 aliphatic heterocycles. The molecule has 7 nitrogen and oxygen atoms in total. The minimum atomic E-state index is -5.13. The number of aromatic nitrogens is 2. The van der Waals surface area contributed by atoms with Crippen LogP contribution in [0, 0.1) is 11.8 Å². The highest BCUT2D eigenvalue weighted by Crippen LogP contribution is 2.40. The SMILES string of the molecule is CSCCOc1cnc(N(Cc2cc(C(F)(F)F)ccc2NCC2CCC(CC(=O)O)CC2)[C@@H](C)c2cc(C(F)(F)F)cc(C(F)(F)F)c2)nc1. The van der Waals surface area contributed by atoms with Gasteiger partial charge < -0.3 is 20.1 Å². The van der Waals surface area contributed by atoms with Crippen LogP contribution >= 0.6 is 11.8 Å². The highest BCUT2D eigenvalue weighted by Gasteiger charge is 2.38. The van der Waals surface area contributed by atoms with Gasteiger partial charge in [-0.25, -0.2) is 9.97 Å². The van der Waals surface area contributed by atoms with Gasteiger partial charge in [-0.3, -0.25) is 4.79 Å². The van der Waals surface area contributed by atoms with Crippen LogP contribution in [0.15, 0.2) is 48.8 Å². The third kappa shape index (κ3) is 11.3. The number of anilines is 2. The second-order valence-corrected chi connectivity index (χ2v) is 13.4. The number of ether oxygens (including phenoxy) is 1. The summed E-state index contributed by atoms with van der Waals surface area (Å²) in [5, 5.41) is 12.3. The lowest BCUT2D eigenvalue weighted by Gasteiger charge is -2.32. The number of aliphatic carboxylic acids is 1. The summed E-state index contributed by atoms with van der Waals surface area (Å²) >= 11 is 1.51. The first-order valence-electron chi connectivity index (χ1n) is 16.0. The zero-order valence-electron chi connectivity index (χ0n) is 27.6. The van der Waals surface area contributed by atoms with Gasteiger partial charge in [0.15, 0.2) is 5.75 Å². The molecule has 1 heterocycles. The van der Waals surface area contributed by atoms with E-state index in [0.29, 0.717) is 56.7 Å². The molecule has 4 rings (SSSR count). The van der Waals surface area contributed by atoms with E-state index < -0.39 is 59.3 Å². The van der Waals surface area contributed by atoms with E-state index in [1.54, 1.807) is 0 Å². The molecule has 0 spiro atoms. The Kier molecular flexibility index (Phi) is 13.0. The minimum Gasteiger partial charge on any atom is -0.489 e. The summed E-state index contributed by atoms with van der Waals surface area (Å²) in [4.78, 5) is 20.8. The maximum atomic E-state index is 13.9. The molecule has 1 atom stereocenters. The summed E-state index contributed by atoms with van der Waals surface area (Å²) in [7, 11) is 0. The smallest absolute Gasteiger partial charge is 0.416 e. The van der Waals surface area contributed by atoms with Crippen molar-refractivity contribution in [2.45, 2.75) is 70.1 Å². The molecule has 280 valence electrons. The normalized spacial score (nSPS) is 17.5. The van der Waals surface area contributed by atoms with Crippen LogP contribution in [0.3, 0.4) is 0 Å². The quantitative estimate of drug-likeness (QED) is 0.124. The number of halogens is 9. The molecule has 0 saturated heterocycles. The minimum absolute atomic E-state index is 0.00174. The molecule has 17 heteroatoms. The number of carboxylic acids is 1. The average molecular weight is 753 g/mol. The molecule has 2 N–H and O–H groups in total. The summed E-state index contributed by atoms with van der Waals surface area (Å²) in [6.45, 7) is 1.52. The van der Waals surface area contributed by atoms with Crippen molar-refractivity contribution in [2.24, 2.45) is 11.8 Å².